The van der Waals surface area contributed by atoms with Crippen molar-refractivity contribution in [2.45, 2.75) is 13.0 Å². The number of hydrogen-bond donors (Lipinski definition) is 0. The van der Waals surface area contributed by atoms with Gasteiger partial charge in [0.25, 0.3) is 0 Å². The molecule has 0 N–H and O–H groups in total. The van der Waals surface area contributed by atoms with E-state index in [1.165, 1.54) is 19.5 Å². The maximum atomic E-state index is 6.06. The predicted octanol–water partition coefficient (Wildman–Crippen LogP) is 5.36. The molecular weight excluding hydrogens is 308 g/mol. The molecule has 4 heterocycles. The third-order valence-corrected chi connectivity index (χ3v) is 6.35. The standard InChI is InChI=1S/C15H12O2S3/c1-9-8-16-12-13(17-9)15(11-5-3-7-19-11)20-14(12)10-4-2-6-18-10/h2-7,9H,8H2,1H3. The fourth-order valence-corrected chi connectivity index (χ4v) is 5.09. The highest BCUT2D eigenvalue weighted by molar-refractivity contribution is 7.26. The lowest BCUT2D eigenvalue weighted by Gasteiger charge is -2.22. The highest BCUT2D eigenvalue weighted by atomic mass is 32.1. The fourth-order valence-electron chi connectivity index (χ4n) is 2.21. The third-order valence-electron chi connectivity index (χ3n) is 3.09. The zero-order valence-electron chi connectivity index (χ0n) is 10.8. The molecule has 0 amide bonds. The first-order valence-corrected chi connectivity index (χ1v) is 8.94. The molecule has 1 atom stereocenters. The second-order valence-corrected chi connectivity index (χ2v) is 7.53. The molecule has 3 aromatic rings. The second-order valence-electron chi connectivity index (χ2n) is 4.61. The van der Waals surface area contributed by atoms with Gasteiger partial charge in [-0.05, 0) is 29.8 Å². The summed E-state index contributed by atoms with van der Waals surface area (Å²) in [6.07, 6.45) is 0.104. The van der Waals surface area contributed by atoms with Gasteiger partial charge in [-0.3, -0.25) is 0 Å². The molecule has 5 heteroatoms. The van der Waals surface area contributed by atoms with Crippen LogP contribution in [0.1, 0.15) is 6.92 Å². The molecule has 0 saturated heterocycles. The Morgan fingerprint density at radius 2 is 1.65 bits per heavy atom. The molecule has 3 aromatic heterocycles. The lowest BCUT2D eigenvalue weighted by Crippen LogP contribution is -2.25. The molecule has 0 aliphatic carbocycles. The van der Waals surface area contributed by atoms with Gasteiger partial charge in [0.05, 0.1) is 9.75 Å². The van der Waals surface area contributed by atoms with Gasteiger partial charge in [-0.2, -0.15) is 0 Å². The Hall–Kier alpha value is -1.30. The molecule has 0 aromatic carbocycles. The van der Waals surface area contributed by atoms with Crippen molar-refractivity contribution >= 4 is 34.0 Å². The normalized spacial score (nSPS) is 17.4. The lowest BCUT2D eigenvalue weighted by molar-refractivity contribution is 0.107. The first-order valence-electron chi connectivity index (χ1n) is 6.37. The Balaban J connectivity index is 1.92. The molecule has 0 bridgehead atoms. The monoisotopic (exact) mass is 320 g/mol. The topological polar surface area (TPSA) is 18.5 Å². The minimum atomic E-state index is 0.104. The maximum Gasteiger partial charge on any atom is 0.181 e. The van der Waals surface area contributed by atoms with Crippen molar-refractivity contribution in [3.8, 4) is 31.0 Å². The zero-order valence-corrected chi connectivity index (χ0v) is 13.2. The van der Waals surface area contributed by atoms with Gasteiger partial charge < -0.3 is 9.47 Å². The summed E-state index contributed by atoms with van der Waals surface area (Å²) in [5, 5.41) is 4.19. The van der Waals surface area contributed by atoms with Crippen molar-refractivity contribution in [1.82, 2.24) is 0 Å². The minimum absolute atomic E-state index is 0.104. The van der Waals surface area contributed by atoms with Crippen LogP contribution in [-0.4, -0.2) is 12.7 Å². The van der Waals surface area contributed by atoms with Crippen LogP contribution in [0.5, 0.6) is 11.5 Å². The molecule has 1 aliphatic heterocycles. The number of fused-ring (bicyclic) bond motifs is 1. The Kier molecular flexibility index (Phi) is 3.06. The van der Waals surface area contributed by atoms with Gasteiger partial charge in [-0.25, -0.2) is 0 Å². The lowest BCUT2D eigenvalue weighted by atomic mass is 10.2. The van der Waals surface area contributed by atoms with Crippen molar-refractivity contribution < 1.29 is 9.47 Å². The molecule has 0 saturated carbocycles. The van der Waals surface area contributed by atoms with E-state index in [-0.39, 0.29) is 6.10 Å². The zero-order chi connectivity index (χ0) is 13.5. The number of ether oxygens (including phenoxy) is 2. The highest BCUT2D eigenvalue weighted by Crippen LogP contribution is 2.55. The van der Waals surface area contributed by atoms with Crippen LogP contribution in [0.2, 0.25) is 0 Å². The van der Waals surface area contributed by atoms with Crippen LogP contribution < -0.4 is 9.47 Å². The van der Waals surface area contributed by atoms with Crippen molar-refractivity contribution in [2.75, 3.05) is 6.61 Å². The van der Waals surface area contributed by atoms with E-state index in [0.717, 1.165) is 11.5 Å². The van der Waals surface area contributed by atoms with Crippen LogP contribution >= 0.6 is 34.0 Å². The van der Waals surface area contributed by atoms with Gasteiger partial charge >= 0.3 is 0 Å². The van der Waals surface area contributed by atoms with Gasteiger partial charge in [0, 0.05) is 9.75 Å². The summed E-state index contributed by atoms with van der Waals surface area (Å²) in [5.41, 5.74) is 0. The molecule has 1 unspecified atom stereocenters. The van der Waals surface area contributed by atoms with E-state index in [2.05, 4.69) is 35.0 Å². The Bertz CT molecular complexity index is 711. The van der Waals surface area contributed by atoms with Crippen molar-refractivity contribution in [1.29, 1.82) is 0 Å². The van der Waals surface area contributed by atoms with E-state index < -0.39 is 0 Å². The SMILES string of the molecule is CC1COc2c(-c3cccs3)sc(-c3cccs3)c2O1. The predicted molar refractivity (Wildman–Crippen MR) is 86.5 cm³/mol. The van der Waals surface area contributed by atoms with Gasteiger partial charge in [-0.15, -0.1) is 34.0 Å². The molecule has 4 rings (SSSR count). The summed E-state index contributed by atoms with van der Waals surface area (Å²) in [6, 6.07) is 8.42. The number of hydrogen-bond acceptors (Lipinski definition) is 5. The van der Waals surface area contributed by atoms with Crippen LogP contribution in [0.15, 0.2) is 35.0 Å². The summed E-state index contributed by atoms with van der Waals surface area (Å²) in [7, 11) is 0. The summed E-state index contributed by atoms with van der Waals surface area (Å²) in [6.45, 7) is 2.66. The quantitative estimate of drug-likeness (QED) is 0.632. The largest absolute Gasteiger partial charge is 0.484 e. The molecule has 0 radical (unpaired) electrons. The molecule has 0 fully saturated rings. The minimum Gasteiger partial charge on any atom is -0.484 e. The highest BCUT2D eigenvalue weighted by Gasteiger charge is 2.29. The van der Waals surface area contributed by atoms with Crippen LogP contribution in [0.25, 0.3) is 19.5 Å². The fraction of sp³-hybridized carbons (Fsp3) is 0.200. The molecule has 1 aliphatic rings. The summed E-state index contributed by atoms with van der Waals surface area (Å²) in [5.74, 6) is 1.83. The van der Waals surface area contributed by atoms with Crippen molar-refractivity contribution in [3.05, 3.63) is 35.0 Å². The van der Waals surface area contributed by atoms with E-state index in [1.807, 2.05) is 6.92 Å². The number of rotatable bonds is 2. The summed E-state index contributed by atoms with van der Waals surface area (Å²) < 4.78 is 12.0. The smallest absolute Gasteiger partial charge is 0.181 e. The van der Waals surface area contributed by atoms with Crippen LogP contribution in [0.4, 0.5) is 0 Å². The summed E-state index contributed by atoms with van der Waals surface area (Å²) in [4.78, 5) is 4.86. The average Bonchev–Trinajstić information content (AvgIpc) is 3.18. The van der Waals surface area contributed by atoms with Crippen molar-refractivity contribution in [3.63, 3.8) is 0 Å². The van der Waals surface area contributed by atoms with Gasteiger partial charge in [0.15, 0.2) is 11.5 Å². The Morgan fingerprint density at radius 3 is 2.25 bits per heavy atom. The molecule has 0 spiro atoms. The second kappa shape index (κ2) is 4.91. The van der Waals surface area contributed by atoms with Crippen LogP contribution in [-0.2, 0) is 0 Å². The molecule has 102 valence electrons. The van der Waals surface area contributed by atoms with Gasteiger partial charge in [0.2, 0.25) is 0 Å². The molecular formula is C15H12O2S3. The van der Waals surface area contributed by atoms with Crippen LogP contribution in [0.3, 0.4) is 0 Å². The maximum absolute atomic E-state index is 6.06. The van der Waals surface area contributed by atoms with Gasteiger partial charge in [-0.1, -0.05) is 12.1 Å². The van der Waals surface area contributed by atoms with Crippen LogP contribution in [0, 0.1) is 0 Å². The van der Waals surface area contributed by atoms with E-state index in [4.69, 9.17) is 9.47 Å². The first-order chi connectivity index (χ1) is 9.83. The third kappa shape index (κ3) is 1.97. The Morgan fingerprint density at radius 1 is 1.00 bits per heavy atom. The van der Waals surface area contributed by atoms with E-state index >= 15 is 0 Å². The summed E-state index contributed by atoms with van der Waals surface area (Å²) >= 11 is 5.24. The van der Waals surface area contributed by atoms with E-state index in [9.17, 15) is 0 Å². The first kappa shape index (κ1) is 12.4. The van der Waals surface area contributed by atoms with E-state index in [1.54, 1.807) is 34.0 Å². The van der Waals surface area contributed by atoms with E-state index in [0.29, 0.717) is 6.61 Å². The average molecular weight is 320 g/mol. The Labute approximate surface area is 129 Å². The number of thiophene rings is 3. The molecule has 2 nitrogen and oxygen atoms in total. The van der Waals surface area contributed by atoms with Crippen molar-refractivity contribution in [2.24, 2.45) is 0 Å². The van der Waals surface area contributed by atoms with Gasteiger partial charge in [0.1, 0.15) is 12.7 Å². The molecule has 20 heavy (non-hydrogen) atoms.